The van der Waals surface area contributed by atoms with E-state index in [1.165, 1.54) is 33.8 Å². The zero-order valence-electron chi connectivity index (χ0n) is 20.5. The maximum Gasteiger partial charge on any atom is 0.323 e. The van der Waals surface area contributed by atoms with Crippen molar-refractivity contribution in [2.75, 3.05) is 19.5 Å². The SMILES string of the molecule is COc1ccc(NC(=O)N2Cc3c(sc4c3CCCC4)-n3cccc3C2c2ccccc2)c(OC)c1. The average molecular weight is 500 g/mol. The zero-order chi connectivity index (χ0) is 24.6. The molecule has 1 N–H and O–H groups in total. The van der Waals surface area contributed by atoms with E-state index in [1.807, 2.05) is 46.6 Å². The maximum absolute atomic E-state index is 14.1. The van der Waals surface area contributed by atoms with E-state index in [2.05, 4.69) is 40.3 Å². The van der Waals surface area contributed by atoms with Gasteiger partial charge in [0.05, 0.1) is 38.2 Å². The number of hydrogen-bond donors (Lipinski definition) is 1. The van der Waals surface area contributed by atoms with Crippen molar-refractivity contribution >= 4 is 23.1 Å². The Morgan fingerprint density at radius 2 is 1.81 bits per heavy atom. The highest BCUT2D eigenvalue weighted by atomic mass is 32.1. The summed E-state index contributed by atoms with van der Waals surface area (Å²) in [6.07, 6.45) is 6.78. The van der Waals surface area contributed by atoms with Crippen LogP contribution in [0.4, 0.5) is 10.5 Å². The highest BCUT2D eigenvalue weighted by Gasteiger charge is 2.36. The van der Waals surface area contributed by atoms with Gasteiger partial charge in [-0.15, -0.1) is 11.3 Å². The summed E-state index contributed by atoms with van der Waals surface area (Å²) in [5.41, 5.74) is 5.51. The second kappa shape index (κ2) is 9.39. The number of nitrogens with zero attached hydrogens (tertiary/aromatic N) is 2. The molecule has 1 unspecified atom stereocenters. The molecule has 1 aliphatic heterocycles. The number of rotatable bonds is 4. The Hall–Kier alpha value is -3.71. The lowest BCUT2D eigenvalue weighted by Crippen LogP contribution is -2.38. The first-order chi connectivity index (χ1) is 17.7. The highest BCUT2D eigenvalue weighted by molar-refractivity contribution is 7.15. The van der Waals surface area contributed by atoms with Crippen molar-refractivity contribution < 1.29 is 14.3 Å². The number of thiophene rings is 1. The summed E-state index contributed by atoms with van der Waals surface area (Å²) in [6, 6.07) is 19.6. The number of aromatic nitrogens is 1. The van der Waals surface area contributed by atoms with Crippen LogP contribution in [0, 0.1) is 0 Å². The van der Waals surface area contributed by atoms with Gasteiger partial charge in [-0.3, -0.25) is 0 Å². The summed E-state index contributed by atoms with van der Waals surface area (Å²) in [6.45, 7) is 0.548. The minimum atomic E-state index is -0.232. The Kier molecular flexibility index (Phi) is 5.93. The molecule has 2 amide bonds. The van der Waals surface area contributed by atoms with E-state index in [1.54, 1.807) is 20.3 Å². The van der Waals surface area contributed by atoms with Gasteiger partial charge in [0.2, 0.25) is 0 Å². The molecular weight excluding hydrogens is 470 g/mol. The van der Waals surface area contributed by atoms with Crippen LogP contribution in [-0.4, -0.2) is 29.7 Å². The normalized spacial score (nSPS) is 16.4. The first-order valence-electron chi connectivity index (χ1n) is 12.3. The summed E-state index contributed by atoms with van der Waals surface area (Å²) in [5.74, 6) is 1.24. The maximum atomic E-state index is 14.1. The second-order valence-corrected chi connectivity index (χ2v) is 10.3. The number of amides is 2. The molecule has 1 aliphatic carbocycles. The summed E-state index contributed by atoms with van der Waals surface area (Å²) in [4.78, 5) is 17.5. The largest absolute Gasteiger partial charge is 0.497 e. The monoisotopic (exact) mass is 499 g/mol. The van der Waals surface area contributed by atoms with E-state index in [-0.39, 0.29) is 12.1 Å². The molecule has 0 saturated heterocycles. The minimum Gasteiger partial charge on any atom is -0.497 e. The standard InChI is InChI=1S/C29H29N3O3S/c1-34-20-14-15-23(25(17-20)35-2)30-29(33)32-18-22-21-11-6-7-13-26(21)36-28(22)31-16-8-12-24(31)27(32)19-9-4-3-5-10-19/h3-5,8-10,12,14-17,27H,6-7,11,13,18H2,1-2H3,(H,30,33). The number of urea groups is 1. The van der Waals surface area contributed by atoms with Crippen molar-refractivity contribution in [1.29, 1.82) is 0 Å². The number of hydrogen-bond acceptors (Lipinski definition) is 4. The molecule has 184 valence electrons. The fourth-order valence-corrected chi connectivity index (χ4v) is 6.87. The molecule has 0 spiro atoms. The number of aryl methyl sites for hydroxylation is 1. The molecule has 4 aromatic rings. The van der Waals surface area contributed by atoms with Crippen LogP contribution in [0.1, 0.15) is 46.1 Å². The van der Waals surface area contributed by atoms with Gasteiger partial charge in [-0.05, 0) is 61.1 Å². The van der Waals surface area contributed by atoms with Gasteiger partial charge in [-0.25, -0.2) is 4.79 Å². The first-order valence-corrected chi connectivity index (χ1v) is 13.1. The highest BCUT2D eigenvalue weighted by Crippen LogP contribution is 2.44. The van der Waals surface area contributed by atoms with Crippen LogP contribution < -0.4 is 14.8 Å². The molecule has 7 heteroatoms. The summed E-state index contributed by atoms with van der Waals surface area (Å²) < 4.78 is 13.2. The molecular formula is C29H29N3O3S. The van der Waals surface area contributed by atoms with Gasteiger partial charge in [-0.1, -0.05) is 30.3 Å². The Labute approximate surface area is 215 Å². The van der Waals surface area contributed by atoms with Crippen LogP contribution in [-0.2, 0) is 19.4 Å². The van der Waals surface area contributed by atoms with Crippen molar-refractivity contribution in [3.63, 3.8) is 0 Å². The van der Waals surface area contributed by atoms with E-state index in [9.17, 15) is 4.79 Å². The van der Waals surface area contributed by atoms with Crippen LogP contribution in [0.5, 0.6) is 11.5 Å². The third kappa shape index (κ3) is 3.84. The van der Waals surface area contributed by atoms with Crippen molar-refractivity contribution in [3.8, 4) is 16.5 Å². The molecule has 6 rings (SSSR count). The molecule has 2 aliphatic rings. The Balaban J connectivity index is 1.47. The average Bonchev–Trinajstić information content (AvgIpc) is 3.51. The fourth-order valence-electron chi connectivity index (χ4n) is 5.46. The van der Waals surface area contributed by atoms with Crippen molar-refractivity contribution in [1.82, 2.24) is 9.47 Å². The lowest BCUT2D eigenvalue weighted by atomic mass is 9.95. The number of anilines is 1. The van der Waals surface area contributed by atoms with Gasteiger partial charge >= 0.3 is 6.03 Å². The number of benzene rings is 2. The molecule has 0 saturated carbocycles. The number of methoxy groups -OCH3 is 2. The molecule has 6 nitrogen and oxygen atoms in total. The fraction of sp³-hybridized carbons (Fsp3) is 0.276. The predicted octanol–water partition coefficient (Wildman–Crippen LogP) is 6.57. The van der Waals surface area contributed by atoms with E-state index < -0.39 is 0 Å². The molecule has 0 fully saturated rings. The van der Waals surface area contributed by atoms with Crippen LogP contribution in [0.25, 0.3) is 5.00 Å². The minimum absolute atomic E-state index is 0.163. The van der Waals surface area contributed by atoms with Crippen molar-refractivity contribution in [2.24, 2.45) is 0 Å². The lowest BCUT2D eigenvalue weighted by Gasteiger charge is -2.31. The summed E-state index contributed by atoms with van der Waals surface area (Å²) in [7, 11) is 3.21. The Morgan fingerprint density at radius 3 is 2.61 bits per heavy atom. The van der Waals surface area contributed by atoms with Crippen LogP contribution in [0.2, 0.25) is 0 Å². The third-order valence-electron chi connectivity index (χ3n) is 7.21. The van der Waals surface area contributed by atoms with E-state index in [4.69, 9.17) is 9.47 Å². The van der Waals surface area contributed by atoms with Gasteiger partial charge in [0.15, 0.2) is 0 Å². The number of carbonyl (C=O) groups excluding carboxylic acids is 1. The van der Waals surface area contributed by atoms with Crippen molar-refractivity contribution in [2.45, 2.75) is 38.3 Å². The Bertz CT molecular complexity index is 1410. The summed E-state index contributed by atoms with van der Waals surface area (Å²) >= 11 is 1.89. The molecule has 1 atom stereocenters. The third-order valence-corrected chi connectivity index (χ3v) is 8.54. The molecule has 2 aromatic carbocycles. The van der Waals surface area contributed by atoms with Crippen LogP contribution in [0.15, 0.2) is 66.9 Å². The van der Waals surface area contributed by atoms with Gasteiger partial charge in [0.25, 0.3) is 0 Å². The van der Waals surface area contributed by atoms with E-state index in [0.29, 0.717) is 23.7 Å². The molecule has 2 aromatic heterocycles. The summed E-state index contributed by atoms with van der Waals surface area (Å²) in [5, 5.41) is 4.39. The van der Waals surface area contributed by atoms with E-state index >= 15 is 0 Å². The number of carbonyl (C=O) groups is 1. The van der Waals surface area contributed by atoms with Crippen LogP contribution in [0.3, 0.4) is 0 Å². The molecule has 3 heterocycles. The Morgan fingerprint density at radius 1 is 0.972 bits per heavy atom. The zero-order valence-corrected chi connectivity index (χ0v) is 21.3. The molecule has 36 heavy (non-hydrogen) atoms. The number of nitrogens with one attached hydrogen (secondary N) is 1. The predicted molar refractivity (Wildman–Crippen MR) is 143 cm³/mol. The quantitative estimate of drug-likeness (QED) is 0.345. The van der Waals surface area contributed by atoms with Gasteiger partial charge in [0.1, 0.15) is 16.5 Å². The van der Waals surface area contributed by atoms with Crippen molar-refractivity contribution in [3.05, 3.63) is 94.1 Å². The molecule has 0 bridgehead atoms. The van der Waals surface area contributed by atoms with E-state index in [0.717, 1.165) is 24.1 Å². The molecule has 0 radical (unpaired) electrons. The second-order valence-electron chi connectivity index (χ2n) is 9.24. The van der Waals surface area contributed by atoms with Crippen LogP contribution >= 0.6 is 11.3 Å². The lowest BCUT2D eigenvalue weighted by molar-refractivity contribution is 0.194. The first kappa shape index (κ1) is 22.7. The van der Waals surface area contributed by atoms with Gasteiger partial charge in [0, 0.05) is 22.7 Å². The number of fused-ring (bicyclic) bond motifs is 5. The van der Waals surface area contributed by atoms with Gasteiger partial charge in [-0.2, -0.15) is 0 Å². The smallest absolute Gasteiger partial charge is 0.323 e. The number of ether oxygens (including phenoxy) is 2. The van der Waals surface area contributed by atoms with Gasteiger partial charge < -0.3 is 24.3 Å². The topological polar surface area (TPSA) is 55.7 Å².